The van der Waals surface area contributed by atoms with Gasteiger partial charge in [-0.25, -0.2) is 0 Å². The van der Waals surface area contributed by atoms with Gasteiger partial charge in [0, 0.05) is 5.56 Å². The van der Waals surface area contributed by atoms with Crippen molar-refractivity contribution in [2.24, 2.45) is 0 Å². The van der Waals surface area contributed by atoms with E-state index in [0.29, 0.717) is 16.9 Å². The van der Waals surface area contributed by atoms with Crippen LogP contribution in [0.3, 0.4) is 0 Å². The number of hydrogen-bond donors (Lipinski definition) is 1. The van der Waals surface area contributed by atoms with Crippen molar-refractivity contribution in [1.82, 2.24) is 0 Å². The minimum absolute atomic E-state index is 0.0745. The lowest BCUT2D eigenvalue weighted by molar-refractivity contribution is 0.274. The topological polar surface area (TPSA) is 53.2 Å². The summed E-state index contributed by atoms with van der Waals surface area (Å²) in [7, 11) is 1.51. The molecule has 1 aromatic rings. The van der Waals surface area contributed by atoms with E-state index in [0.717, 1.165) is 0 Å². The molecule has 0 spiro atoms. The lowest BCUT2D eigenvalue weighted by Gasteiger charge is -2.04. The highest BCUT2D eigenvalue weighted by atomic mass is 16.5. The van der Waals surface area contributed by atoms with Crippen molar-refractivity contribution in [1.29, 1.82) is 5.26 Å². The SMILES string of the molecule is COc1cc(C#N)ccc1CO. The Hall–Kier alpha value is -1.53. The number of nitriles is 1. The van der Waals surface area contributed by atoms with E-state index in [1.54, 1.807) is 18.2 Å². The number of ether oxygens (including phenoxy) is 1. The van der Waals surface area contributed by atoms with Crippen LogP contribution in [0.4, 0.5) is 0 Å². The molecule has 0 unspecified atom stereocenters. The van der Waals surface area contributed by atoms with Gasteiger partial charge in [0.2, 0.25) is 0 Å². The Morgan fingerprint density at radius 2 is 2.33 bits per heavy atom. The second kappa shape index (κ2) is 3.74. The molecule has 0 atom stereocenters. The Kier molecular flexibility index (Phi) is 2.67. The standard InChI is InChI=1S/C9H9NO2/c1-12-9-4-7(5-10)2-3-8(9)6-11/h2-4,11H,6H2,1H3. The first-order chi connectivity index (χ1) is 5.81. The lowest BCUT2D eigenvalue weighted by Crippen LogP contribution is -1.92. The van der Waals surface area contributed by atoms with Gasteiger partial charge in [-0.15, -0.1) is 0 Å². The molecule has 1 N–H and O–H groups in total. The largest absolute Gasteiger partial charge is 0.496 e. The Morgan fingerprint density at radius 1 is 1.58 bits per heavy atom. The maximum atomic E-state index is 8.85. The van der Waals surface area contributed by atoms with Gasteiger partial charge in [-0.2, -0.15) is 5.26 Å². The van der Waals surface area contributed by atoms with Gasteiger partial charge in [-0.3, -0.25) is 0 Å². The Labute approximate surface area is 70.8 Å². The molecular formula is C9H9NO2. The summed E-state index contributed by atoms with van der Waals surface area (Å²) in [4.78, 5) is 0. The van der Waals surface area contributed by atoms with Crippen molar-refractivity contribution in [3.63, 3.8) is 0 Å². The van der Waals surface area contributed by atoms with E-state index in [-0.39, 0.29) is 6.61 Å². The number of hydrogen-bond acceptors (Lipinski definition) is 3. The molecule has 12 heavy (non-hydrogen) atoms. The molecule has 0 aromatic heterocycles. The summed E-state index contributed by atoms with van der Waals surface area (Å²) in [5.74, 6) is 0.552. The predicted octanol–water partition coefficient (Wildman–Crippen LogP) is 1.06. The molecule has 0 saturated carbocycles. The van der Waals surface area contributed by atoms with E-state index in [1.165, 1.54) is 7.11 Å². The minimum atomic E-state index is -0.0745. The molecule has 3 heteroatoms. The Morgan fingerprint density at radius 3 is 2.83 bits per heavy atom. The number of nitrogens with zero attached hydrogens (tertiary/aromatic N) is 1. The van der Waals surface area contributed by atoms with E-state index in [9.17, 15) is 0 Å². The van der Waals surface area contributed by atoms with Gasteiger partial charge in [0.25, 0.3) is 0 Å². The average Bonchev–Trinajstić information content (AvgIpc) is 2.16. The van der Waals surface area contributed by atoms with Crippen molar-refractivity contribution < 1.29 is 9.84 Å². The van der Waals surface area contributed by atoms with Gasteiger partial charge < -0.3 is 9.84 Å². The Balaban J connectivity index is 3.13. The molecule has 62 valence electrons. The minimum Gasteiger partial charge on any atom is -0.496 e. The molecule has 0 aliphatic rings. The van der Waals surface area contributed by atoms with Crippen LogP contribution in [0.5, 0.6) is 5.75 Å². The third-order valence-electron chi connectivity index (χ3n) is 1.59. The van der Waals surface area contributed by atoms with Crippen molar-refractivity contribution in [3.05, 3.63) is 29.3 Å². The zero-order valence-electron chi connectivity index (χ0n) is 6.74. The van der Waals surface area contributed by atoms with Crippen LogP contribution in [0.15, 0.2) is 18.2 Å². The molecule has 0 radical (unpaired) electrons. The predicted molar refractivity (Wildman–Crippen MR) is 43.6 cm³/mol. The molecule has 0 amide bonds. The molecule has 0 heterocycles. The molecule has 0 bridgehead atoms. The smallest absolute Gasteiger partial charge is 0.125 e. The number of aliphatic hydroxyl groups excluding tert-OH is 1. The number of rotatable bonds is 2. The number of aliphatic hydroxyl groups is 1. The second-order valence-corrected chi connectivity index (χ2v) is 2.30. The first kappa shape index (κ1) is 8.57. The van der Waals surface area contributed by atoms with E-state index >= 15 is 0 Å². The van der Waals surface area contributed by atoms with Gasteiger partial charge in [-0.05, 0) is 12.1 Å². The monoisotopic (exact) mass is 163 g/mol. The highest BCUT2D eigenvalue weighted by Crippen LogP contribution is 2.19. The van der Waals surface area contributed by atoms with Gasteiger partial charge in [-0.1, -0.05) is 6.07 Å². The molecule has 1 aromatic carbocycles. The molecule has 0 saturated heterocycles. The molecular weight excluding hydrogens is 154 g/mol. The fourth-order valence-corrected chi connectivity index (χ4v) is 0.945. The van der Waals surface area contributed by atoms with Crippen LogP contribution in [-0.2, 0) is 6.61 Å². The third kappa shape index (κ3) is 1.55. The van der Waals surface area contributed by atoms with Crippen LogP contribution in [0, 0.1) is 11.3 Å². The van der Waals surface area contributed by atoms with Crippen LogP contribution < -0.4 is 4.74 Å². The van der Waals surface area contributed by atoms with Gasteiger partial charge in [0.05, 0.1) is 25.3 Å². The van der Waals surface area contributed by atoms with E-state index in [1.807, 2.05) is 6.07 Å². The van der Waals surface area contributed by atoms with Crippen LogP contribution in [0.25, 0.3) is 0 Å². The summed E-state index contributed by atoms with van der Waals surface area (Å²) < 4.78 is 4.97. The maximum Gasteiger partial charge on any atom is 0.125 e. The molecule has 3 nitrogen and oxygen atoms in total. The van der Waals surface area contributed by atoms with Crippen molar-refractivity contribution >= 4 is 0 Å². The fourth-order valence-electron chi connectivity index (χ4n) is 0.945. The molecule has 0 aliphatic carbocycles. The van der Waals surface area contributed by atoms with Crippen LogP contribution >= 0.6 is 0 Å². The van der Waals surface area contributed by atoms with Gasteiger partial charge in [0.1, 0.15) is 5.75 Å². The van der Waals surface area contributed by atoms with Crippen molar-refractivity contribution in [3.8, 4) is 11.8 Å². The quantitative estimate of drug-likeness (QED) is 0.709. The summed E-state index contributed by atoms with van der Waals surface area (Å²) in [6.07, 6.45) is 0. The fraction of sp³-hybridized carbons (Fsp3) is 0.222. The molecule has 0 fully saturated rings. The normalized spacial score (nSPS) is 9.08. The maximum absolute atomic E-state index is 8.85. The van der Waals surface area contributed by atoms with Crippen molar-refractivity contribution in [2.45, 2.75) is 6.61 Å². The van der Waals surface area contributed by atoms with Crippen molar-refractivity contribution in [2.75, 3.05) is 7.11 Å². The van der Waals surface area contributed by atoms with Crippen LogP contribution in [-0.4, -0.2) is 12.2 Å². The summed E-state index contributed by atoms with van der Waals surface area (Å²) >= 11 is 0. The molecule has 1 rings (SSSR count). The van der Waals surface area contributed by atoms with E-state index in [2.05, 4.69) is 0 Å². The number of methoxy groups -OCH3 is 1. The third-order valence-corrected chi connectivity index (χ3v) is 1.59. The second-order valence-electron chi connectivity index (χ2n) is 2.30. The average molecular weight is 163 g/mol. The number of benzene rings is 1. The summed E-state index contributed by atoms with van der Waals surface area (Å²) in [5, 5.41) is 17.4. The van der Waals surface area contributed by atoms with Crippen LogP contribution in [0.1, 0.15) is 11.1 Å². The highest BCUT2D eigenvalue weighted by molar-refractivity contribution is 5.42. The van der Waals surface area contributed by atoms with Gasteiger partial charge >= 0.3 is 0 Å². The van der Waals surface area contributed by atoms with E-state index < -0.39 is 0 Å². The molecule has 0 aliphatic heterocycles. The lowest BCUT2D eigenvalue weighted by atomic mass is 10.1. The zero-order chi connectivity index (χ0) is 8.97. The first-order valence-corrected chi connectivity index (χ1v) is 3.49. The summed E-state index contributed by atoms with van der Waals surface area (Å²) in [5.41, 5.74) is 1.22. The van der Waals surface area contributed by atoms with E-state index in [4.69, 9.17) is 15.1 Å². The zero-order valence-corrected chi connectivity index (χ0v) is 6.74. The summed E-state index contributed by atoms with van der Waals surface area (Å²) in [6, 6.07) is 6.92. The summed E-state index contributed by atoms with van der Waals surface area (Å²) in [6.45, 7) is -0.0745. The Bertz CT molecular complexity index is 315. The van der Waals surface area contributed by atoms with Gasteiger partial charge in [0.15, 0.2) is 0 Å². The van der Waals surface area contributed by atoms with Crippen LogP contribution in [0.2, 0.25) is 0 Å². The first-order valence-electron chi connectivity index (χ1n) is 3.49. The highest BCUT2D eigenvalue weighted by Gasteiger charge is 2.01.